The average molecular weight is 308 g/mol. The molecule has 1 N–H and O–H groups in total. The summed E-state index contributed by atoms with van der Waals surface area (Å²) in [7, 11) is 1.88. The Morgan fingerprint density at radius 3 is 2.83 bits per heavy atom. The predicted octanol–water partition coefficient (Wildman–Crippen LogP) is 2.16. The summed E-state index contributed by atoms with van der Waals surface area (Å²) in [6, 6.07) is 9.33. The summed E-state index contributed by atoms with van der Waals surface area (Å²) in [4.78, 5) is 11.9. The minimum Gasteiger partial charge on any atom is -0.352 e. The monoisotopic (exact) mass is 307 g/mol. The highest BCUT2D eigenvalue weighted by atomic mass is 79.9. The fourth-order valence-corrected chi connectivity index (χ4v) is 2.11. The summed E-state index contributed by atoms with van der Waals surface area (Å²) in [5.41, 5.74) is 1.63. The first-order valence-corrected chi connectivity index (χ1v) is 6.47. The van der Waals surface area contributed by atoms with E-state index in [0.717, 1.165) is 16.6 Å². The molecule has 0 atom stereocenters. The van der Waals surface area contributed by atoms with Crippen LogP contribution in [-0.2, 0) is 13.5 Å². The third kappa shape index (κ3) is 3.20. The first-order valence-electron chi connectivity index (χ1n) is 5.68. The molecule has 2 aromatic rings. The zero-order valence-electron chi connectivity index (χ0n) is 10.1. The normalized spacial score (nSPS) is 10.3. The van der Waals surface area contributed by atoms with Crippen molar-refractivity contribution in [3.8, 4) is 0 Å². The molecule has 2 rings (SSSR count). The molecule has 0 spiro atoms. The number of nitrogens with zero attached hydrogens (tertiary/aromatic N) is 2. The molecule has 0 saturated carbocycles. The van der Waals surface area contributed by atoms with Crippen molar-refractivity contribution >= 4 is 21.8 Å². The van der Waals surface area contributed by atoms with Gasteiger partial charge in [-0.05, 0) is 34.1 Å². The van der Waals surface area contributed by atoms with Crippen molar-refractivity contribution in [3.05, 3.63) is 52.3 Å². The van der Waals surface area contributed by atoms with E-state index in [1.54, 1.807) is 10.7 Å². The number of hydrogen-bond acceptors (Lipinski definition) is 2. The van der Waals surface area contributed by atoms with Crippen LogP contribution in [0.1, 0.15) is 16.1 Å². The highest BCUT2D eigenvalue weighted by Gasteiger charge is 2.08. The van der Waals surface area contributed by atoms with Crippen LogP contribution in [0.5, 0.6) is 0 Å². The molecule has 1 aromatic heterocycles. The highest BCUT2D eigenvalue weighted by molar-refractivity contribution is 9.10. The van der Waals surface area contributed by atoms with Crippen molar-refractivity contribution in [1.82, 2.24) is 15.1 Å². The lowest BCUT2D eigenvalue weighted by molar-refractivity contribution is 0.0953. The fraction of sp³-hybridized carbons (Fsp3) is 0.231. The molecule has 4 nitrogen and oxygen atoms in total. The Labute approximate surface area is 114 Å². The summed E-state index contributed by atoms with van der Waals surface area (Å²) in [6.07, 6.45) is 2.63. The lowest BCUT2D eigenvalue weighted by Gasteiger charge is -2.05. The van der Waals surface area contributed by atoms with E-state index >= 15 is 0 Å². The van der Waals surface area contributed by atoms with Gasteiger partial charge in [0.25, 0.3) is 5.91 Å². The van der Waals surface area contributed by atoms with E-state index in [-0.39, 0.29) is 5.91 Å². The molecule has 5 heteroatoms. The largest absolute Gasteiger partial charge is 0.352 e. The van der Waals surface area contributed by atoms with E-state index < -0.39 is 0 Å². The van der Waals surface area contributed by atoms with Gasteiger partial charge < -0.3 is 5.32 Å². The second kappa shape index (κ2) is 5.82. The van der Waals surface area contributed by atoms with E-state index in [4.69, 9.17) is 0 Å². The molecule has 18 heavy (non-hydrogen) atoms. The number of carbonyl (C=O) groups excluding carboxylic acids is 1. The molecule has 0 aliphatic carbocycles. The predicted molar refractivity (Wildman–Crippen MR) is 73.4 cm³/mol. The van der Waals surface area contributed by atoms with Crippen molar-refractivity contribution in [1.29, 1.82) is 0 Å². The maximum absolute atomic E-state index is 11.9. The van der Waals surface area contributed by atoms with Crippen LogP contribution in [-0.4, -0.2) is 22.2 Å². The Morgan fingerprint density at radius 2 is 2.17 bits per heavy atom. The van der Waals surface area contributed by atoms with Crippen molar-refractivity contribution in [2.75, 3.05) is 6.54 Å². The van der Waals surface area contributed by atoms with Crippen molar-refractivity contribution in [2.24, 2.45) is 7.05 Å². The number of aryl methyl sites for hydroxylation is 1. The van der Waals surface area contributed by atoms with E-state index in [2.05, 4.69) is 26.3 Å². The highest BCUT2D eigenvalue weighted by Crippen LogP contribution is 2.15. The van der Waals surface area contributed by atoms with Gasteiger partial charge in [0.2, 0.25) is 0 Å². The molecular formula is C13H14BrN3O. The smallest absolute Gasteiger partial charge is 0.252 e. The standard InChI is InChI=1S/C13H14BrN3O/c1-17-9-7-10(16-17)6-8-15-13(18)11-4-2-3-5-12(11)14/h2-5,7,9H,6,8H2,1H3,(H,15,18). The minimum absolute atomic E-state index is 0.0709. The van der Waals surface area contributed by atoms with Gasteiger partial charge in [0.05, 0.1) is 11.3 Å². The zero-order chi connectivity index (χ0) is 13.0. The Bertz CT molecular complexity index is 551. The van der Waals surface area contributed by atoms with Crippen LogP contribution >= 0.6 is 15.9 Å². The van der Waals surface area contributed by atoms with Crippen LogP contribution in [0.3, 0.4) is 0 Å². The second-order valence-corrected chi connectivity index (χ2v) is 4.82. The molecule has 0 saturated heterocycles. The van der Waals surface area contributed by atoms with Crippen LogP contribution in [0.4, 0.5) is 0 Å². The van der Waals surface area contributed by atoms with Gasteiger partial charge in [-0.2, -0.15) is 5.10 Å². The van der Waals surface area contributed by atoms with Crippen molar-refractivity contribution in [2.45, 2.75) is 6.42 Å². The van der Waals surface area contributed by atoms with Crippen molar-refractivity contribution in [3.63, 3.8) is 0 Å². The van der Waals surface area contributed by atoms with Crippen LogP contribution in [0.2, 0.25) is 0 Å². The Balaban J connectivity index is 1.87. The number of hydrogen-bond donors (Lipinski definition) is 1. The summed E-state index contributed by atoms with van der Waals surface area (Å²) >= 11 is 3.36. The molecule has 0 aliphatic rings. The van der Waals surface area contributed by atoms with Gasteiger partial charge in [-0.3, -0.25) is 9.48 Å². The van der Waals surface area contributed by atoms with E-state index in [9.17, 15) is 4.79 Å². The van der Waals surface area contributed by atoms with Gasteiger partial charge in [0.1, 0.15) is 0 Å². The summed E-state index contributed by atoms with van der Waals surface area (Å²) < 4.78 is 2.56. The molecule has 0 unspecified atom stereocenters. The van der Waals surface area contributed by atoms with E-state index in [1.807, 2.05) is 37.5 Å². The van der Waals surface area contributed by atoms with Crippen molar-refractivity contribution < 1.29 is 4.79 Å². The number of carbonyl (C=O) groups is 1. The first-order chi connectivity index (χ1) is 8.66. The Kier molecular flexibility index (Phi) is 4.15. The van der Waals surface area contributed by atoms with Gasteiger partial charge in [-0.1, -0.05) is 12.1 Å². The zero-order valence-corrected chi connectivity index (χ0v) is 11.6. The number of benzene rings is 1. The Hall–Kier alpha value is -1.62. The molecule has 1 aromatic carbocycles. The molecule has 1 amide bonds. The average Bonchev–Trinajstić information content (AvgIpc) is 2.75. The SMILES string of the molecule is Cn1ccc(CCNC(=O)c2ccccc2Br)n1. The number of halogens is 1. The summed E-state index contributed by atoms with van der Waals surface area (Å²) in [5, 5.41) is 7.13. The third-order valence-corrected chi connectivity index (χ3v) is 3.25. The summed E-state index contributed by atoms with van der Waals surface area (Å²) in [6.45, 7) is 0.581. The van der Waals surface area contributed by atoms with Crippen LogP contribution in [0.25, 0.3) is 0 Å². The fourth-order valence-electron chi connectivity index (χ4n) is 1.64. The maximum atomic E-state index is 11.9. The molecule has 0 bridgehead atoms. The number of nitrogens with one attached hydrogen (secondary N) is 1. The lowest BCUT2D eigenvalue weighted by Crippen LogP contribution is -2.26. The van der Waals surface area contributed by atoms with E-state index in [0.29, 0.717) is 12.1 Å². The second-order valence-electron chi connectivity index (χ2n) is 3.97. The van der Waals surface area contributed by atoms with Gasteiger partial charge in [0, 0.05) is 30.7 Å². The van der Waals surface area contributed by atoms with E-state index in [1.165, 1.54) is 0 Å². The maximum Gasteiger partial charge on any atom is 0.252 e. The van der Waals surface area contributed by atoms with Gasteiger partial charge in [-0.15, -0.1) is 0 Å². The molecule has 0 aliphatic heterocycles. The summed E-state index contributed by atoms with van der Waals surface area (Å²) in [5.74, 6) is -0.0709. The van der Waals surface area contributed by atoms with Gasteiger partial charge in [0.15, 0.2) is 0 Å². The van der Waals surface area contributed by atoms with Gasteiger partial charge in [-0.25, -0.2) is 0 Å². The van der Waals surface area contributed by atoms with Crippen LogP contribution < -0.4 is 5.32 Å². The Morgan fingerprint density at radius 1 is 1.39 bits per heavy atom. The third-order valence-electron chi connectivity index (χ3n) is 2.55. The topological polar surface area (TPSA) is 46.9 Å². The van der Waals surface area contributed by atoms with Crippen LogP contribution in [0, 0.1) is 0 Å². The quantitative estimate of drug-likeness (QED) is 0.941. The number of aromatic nitrogens is 2. The first kappa shape index (κ1) is 12.8. The minimum atomic E-state index is -0.0709. The molecule has 1 heterocycles. The van der Waals surface area contributed by atoms with Gasteiger partial charge >= 0.3 is 0 Å². The molecule has 94 valence electrons. The number of amides is 1. The number of rotatable bonds is 4. The van der Waals surface area contributed by atoms with Crippen LogP contribution in [0.15, 0.2) is 41.0 Å². The molecular weight excluding hydrogens is 294 g/mol. The lowest BCUT2D eigenvalue weighted by atomic mass is 10.2. The molecule has 0 fully saturated rings. The molecule has 0 radical (unpaired) electrons.